The van der Waals surface area contributed by atoms with Crippen LogP contribution in [0.15, 0.2) is 12.4 Å². The summed E-state index contributed by atoms with van der Waals surface area (Å²) >= 11 is 0. The number of ether oxygens (including phenoxy) is 1. The normalized spacial score (nSPS) is 20.0. The maximum Gasteiger partial charge on any atom is 0.290 e. The Morgan fingerprint density at radius 2 is 2.08 bits per heavy atom. The number of carbonyl (C=O) groups is 2. The molecule has 26 heavy (non-hydrogen) atoms. The minimum atomic E-state index is -0.250. The molecule has 2 saturated heterocycles. The average Bonchev–Trinajstić information content (AvgIpc) is 2.68. The number of anilines is 2. The molecule has 3 rings (SSSR count). The van der Waals surface area contributed by atoms with E-state index < -0.39 is 0 Å². The molecule has 1 aromatic rings. The second-order valence-corrected chi connectivity index (χ2v) is 6.25. The first-order chi connectivity index (χ1) is 12.6. The van der Waals surface area contributed by atoms with Crippen molar-refractivity contribution in [3.8, 4) is 0 Å². The van der Waals surface area contributed by atoms with Crippen molar-refractivity contribution in [1.82, 2.24) is 14.9 Å². The summed E-state index contributed by atoms with van der Waals surface area (Å²) in [6, 6.07) is 2.00. The fourth-order valence-corrected chi connectivity index (χ4v) is 3.09. The minimum absolute atomic E-state index is 0.000974. The van der Waals surface area contributed by atoms with Crippen LogP contribution in [0, 0.1) is 0 Å². The summed E-state index contributed by atoms with van der Waals surface area (Å²) in [6.07, 6.45) is 5.36. The van der Waals surface area contributed by atoms with Gasteiger partial charge in [-0.2, -0.15) is 0 Å². The molecule has 2 aliphatic rings. The molecule has 0 saturated carbocycles. The Kier molecular flexibility index (Phi) is 8.07. The predicted molar refractivity (Wildman–Crippen MR) is 97.3 cm³/mol. The lowest BCUT2D eigenvalue weighted by Gasteiger charge is -2.32. The first-order valence-electron chi connectivity index (χ1n) is 8.90. The highest BCUT2D eigenvalue weighted by atomic mass is 16.5. The van der Waals surface area contributed by atoms with E-state index in [0.29, 0.717) is 26.2 Å². The van der Waals surface area contributed by atoms with E-state index in [1.165, 1.54) is 19.3 Å². The molecule has 0 aliphatic carbocycles. The number of piperidine rings is 1. The van der Waals surface area contributed by atoms with Crippen LogP contribution in [0.25, 0.3) is 0 Å². The third-order valence-electron chi connectivity index (χ3n) is 4.43. The van der Waals surface area contributed by atoms with Crippen LogP contribution < -0.4 is 10.2 Å². The molecule has 1 amide bonds. The van der Waals surface area contributed by atoms with E-state index in [0.717, 1.165) is 24.7 Å². The van der Waals surface area contributed by atoms with Crippen molar-refractivity contribution < 1.29 is 19.4 Å². The summed E-state index contributed by atoms with van der Waals surface area (Å²) < 4.78 is 5.72. The molecule has 0 spiro atoms. The van der Waals surface area contributed by atoms with Crippen LogP contribution in [0.1, 0.15) is 26.2 Å². The molecule has 2 aliphatic heterocycles. The van der Waals surface area contributed by atoms with E-state index in [9.17, 15) is 4.79 Å². The van der Waals surface area contributed by atoms with Crippen molar-refractivity contribution >= 4 is 24.0 Å². The van der Waals surface area contributed by atoms with Crippen LogP contribution in [0.2, 0.25) is 0 Å². The van der Waals surface area contributed by atoms with Gasteiger partial charge in [0.25, 0.3) is 6.47 Å². The van der Waals surface area contributed by atoms with Crippen LogP contribution in [0.3, 0.4) is 0 Å². The van der Waals surface area contributed by atoms with Crippen molar-refractivity contribution in [2.75, 3.05) is 49.5 Å². The summed E-state index contributed by atoms with van der Waals surface area (Å²) in [5.74, 6) is 1.90. The van der Waals surface area contributed by atoms with Gasteiger partial charge >= 0.3 is 0 Å². The Labute approximate surface area is 153 Å². The molecule has 1 atom stereocenters. The zero-order chi connectivity index (χ0) is 18.8. The summed E-state index contributed by atoms with van der Waals surface area (Å²) in [6.45, 7) is 6.02. The highest BCUT2D eigenvalue weighted by Gasteiger charge is 2.22. The van der Waals surface area contributed by atoms with Crippen molar-refractivity contribution in [3.63, 3.8) is 0 Å². The Bertz CT molecular complexity index is 580. The number of morpholine rings is 1. The standard InChI is InChI=1S/C16H25N5O2.CH2O2/c1-13(22)21-7-8-23-14(11-21)10-17-15-9-16(19-12-18-15)20-5-3-2-4-6-20;2-1-3/h9,12,14H,2-8,10-11H2,1H3,(H,17,18,19);1H,(H,2,3). The smallest absolute Gasteiger partial charge is 0.290 e. The molecule has 2 fully saturated rings. The number of carboxylic acid groups (broad SMARTS) is 1. The zero-order valence-electron chi connectivity index (χ0n) is 15.1. The van der Waals surface area contributed by atoms with E-state index in [-0.39, 0.29) is 18.5 Å². The number of carbonyl (C=O) groups excluding carboxylic acids is 1. The quantitative estimate of drug-likeness (QED) is 0.756. The topological polar surface area (TPSA) is 108 Å². The van der Waals surface area contributed by atoms with Crippen molar-refractivity contribution in [2.45, 2.75) is 32.3 Å². The van der Waals surface area contributed by atoms with E-state index in [1.54, 1.807) is 13.3 Å². The van der Waals surface area contributed by atoms with E-state index in [1.807, 2.05) is 11.0 Å². The number of amides is 1. The number of nitrogens with zero attached hydrogens (tertiary/aromatic N) is 4. The molecule has 0 bridgehead atoms. The highest BCUT2D eigenvalue weighted by Crippen LogP contribution is 2.19. The highest BCUT2D eigenvalue weighted by molar-refractivity contribution is 5.73. The summed E-state index contributed by atoms with van der Waals surface area (Å²) in [5.41, 5.74) is 0. The molecule has 3 heterocycles. The number of aromatic nitrogens is 2. The Morgan fingerprint density at radius 3 is 2.77 bits per heavy atom. The second-order valence-electron chi connectivity index (χ2n) is 6.25. The van der Waals surface area contributed by atoms with E-state index in [4.69, 9.17) is 14.6 Å². The Hall–Kier alpha value is -2.42. The first-order valence-corrected chi connectivity index (χ1v) is 8.90. The lowest BCUT2D eigenvalue weighted by Crippen LogP contribution is -2.47. The van der Waals surface area contributed by atoms with Crippen LogP contribution in [0.4, 0.5) is 11.6 Å². The predicted octanol–water partition coefficient (Wildman–Crippen LogP) is 0.827. The van der Waals surface area contributed by atoms with Gasteiger partial charge in [0, 0.05) is 45.7 Å². The van der Waals surface area contributed by atoms with Gasteiger partial charge in [-0.15, -0.1) is 0 Å². The lowest BCUT2D eigenvalue weighted by atomic mass is 10.1. The van der Waals surface area contributed by atoms with Crippen LogP contribution in [0.5, 0.6) is 0 Å². The molecule has 1 unspecified atom stereocenters. The third-order valence-corrected chi connectivity index (χ3v) is 4.43. The van der Waals surface area contributed by atoms with Gasteiger partial charge < -0.3 is 25.0 Å². The molecule has 1 aromatic heterocycles. The molecular formula is C17H27N5O4. The van der Waals surface area contributed by atoms with Crippen molar-refractivity contribution in [3.05, 3.63) is 12.4 Å². The number of hydrogen-bond donors (Lipinski definition) is 2. The molecule has 9 nitrogen and oxygen atoms in total. The van der Waals surface area contributed by atoms with Gasteiger partial charge in [0.15, 0.2) is 0 Å². The number of rotatable bonds is 4. The SMILES string of the molecule is CC(=O)N1CCOC(CNc2cc(N3CCCCC3)ncn2)C1.O=CO. The number of nitrogens with one attached hydrogen (secondary N) is 1. The Morgan fingerprint density at radius 1 is 1.35 bits per heavy atom. The van der Waals surface area contributed by atoms with E-state index in [2.05, 4.69) is 20.2 Å². The average molecular weight is 365 g/mol. The maximum atomic E-state index is 11.5. The maximum absolute atomic E-state index is 11.5. The zero-order valence-corrected chi connectivity index (χ0v) is 15.1. The summed E-state index contributed by atoms with van der Waals surface area (Å²) in [7, 11) is 0. The lowest BCUT2D eigenvalue weighted by molar-refractivity contribution is -0.135. The van der Waals surface area contributed by atoms with Gasteiger partial charge in [0.1, 0.15) is 18.0 Å². The largest absolute Gasteiger partial charge is 0.483 e. The number of hydrogen-bond acceptors (Lipinski definition) is 7. The van der Waals surface area contributed by atoms with Crippen LogP contribution >= 0.6 is 0 Å². The van der Waals surface area contributed by atoms with Gasteiger partial charge in [-0.05, 0) is 19.3 Å². The first kappa shape index (κ1) is 19.9. The molecule has 2 N–H and O–H groups in total. The molecule has 0 radical (unpaired) electrons. The summed E-state index contributed by atoms with van der Waals surface area (Å²) in [5, 5.41) is 10.2. The molecule has 144 valence electrons. The molecule has 9 heteroatoms. The molecular weight excluding hydrogens is 338 g/mol. The van der Waals surface area contributed by atoms with E-state index >= 15 is 0 Å². The van der Waals surface area contributed by atoms with Crippen molar-refractivity contribution in [2.24, 2.45) is 0 Å². The fraction of sp³-hybridized carbons (Fsp3) is 0.647. The second kappa shape index (κ2) is 10.5. The van der Waals surface area contributed by atoms with Gasteiger partial charge in [-0.1, -0.05) is 0 Å². The summed E-state index contributed by atoms with van der Waals surface area (Å²) in [4.78, 5) is 32.6. The monoisotopic (exact) mass is 365 g/mol. The van der Waals surface area contributed by atoms with Crippen LogP contribution in [-0.2, 0) is 14.3 Å². The molecule has 0 aromatic carbocycles. The van der Waals surface area contributed by atoms with Gasteiger partial charge in [-0.3, -0.25) is 9.59 Å². The van der Waals surface area contributed by atoms with Gasteiger partial charge in [0.05, 0.1) is 12.7 Å². The van der Waals surface area contributed by atoms with Gasteiger partial charge in [-0.25, -0.2) is 9.97 Å². The minimum Gasteiger partial charge on any atom is -0.483 e. The fourth-order valence-electron chi connectivity index (χ4n) is 3.09. The van der Waals surface area contributed by atoms with Crippen molar-refractivity contribution in [1.29, 1.82) is 0 Å². The van der Waals surface area contributed by atoms with Gasteiger partial charge in [0.2, 0.25) is 5.91 Å². The third kappa shape index (κ3) is 6.14. The Balaban J connectivity index is 0.000000758. The van der Waals surface area contributed by atoms with Crippen LogP contribution in [-0.4, -0.2) is 77.8 Å².